The highest BCUT2D eigenvalue weighted by Gasteiger charge is 2.28. The fraction of sp³-hybridized carbons (Fsp3) is 0.909. The van der Waals surface area contributed by atoms with Crippen molar-refractivity contribution in [2.24, 2.45) is 16.6 Å². The summed E-state index contributed by atoms with van der Waals surface area (Å²) in [6.45, 7) is 10.9. The minimum atomic E-state index is -0.197. The van der Waals surface area contributed by atoms with E-state index in [-0.39, 0.29) is 11.3 Å². The van der Waals surface area contributed by atoms with E-state index >= 15 is 0 Å². The molecule has 0 aliphatic heterocycles. The van der Waals surface area contributed by atoms with Gasteiger partial charge in [-0.1, -0.05) is 41.0 Å². The molecule has 2 heteroatoms. The molecule has 1 amide bonds. The molecule has 0 aliphatic carbocycles. The average molecular weight is 185 g/mol. The summed E-state index contributed by atoms with van der Waals surface area (Å²) in [4.78, 5) is 10.8. The number of carbonyl (C=O) groups is 1. The van der Waals surface area contributed by atoms with Gasteiger partial charge in [0, 0.05) is 6.42 Å². The van der Waals surface area contributed by atoms with Gasteiger partial charge in [-0.15, -0.1) is 0 Å². The molecule has 0 radical (unpaired) electrons. The van der Waals surface area contributed by atoms with Crippen LogP contribution in [0.25, 0.3) is 0 Å². The molecule has 0 bridgehead atoms. The van der Waals surface area contributed by atoms with Gasteiger partial charge in [0.2, 0.25) is 5.91 Å². The zero-order chi connectivity index (χ0) is 10.7. The Kier molecular flexibility index (Phi) is 3.95. The molecular weight excluding hydrogens is 162 g/mol. The third-order valence-corrected chi connectivity index (χ3v) is 2.57. The number of amides is 1. The number of hydrogen-bond donors (Lipinski definition) is 1. The zero-order valence-corrected chi connectivity index (χ0v) is 9.61. The van der Waals surface area contributed by atoms with Gasteiger partial charge in [0.25, 0.3) is 0 Å². The summed E-state index contributed by atoms with van der Waals surface area (Å²) >= 11 is 0. The number of nitrogens with two attached hydrogens (primary N) is 1. The van der Waals surface area contributed by atoms with Gasteiger partial charge in [-0.25, -0.2) is 0 Å². The second-order valence-corrected chi connectivity index (χ2v) is 5.50. The minimum absolute atomic E-state index is 0.0331. The fourth-order valence-electron chi connectivity index (χ4n) is 1.95. The summed E-state index contributed by atoms with van der Waals surface area (Å²) < 4.78 is 0. The first-order chi connectivity index (χ1) is 5.68. The van der Waals surface area contributed by atoms with Crippen LogP contribution in [0.4, 0.5) is 0 Å². The maximum absolute atomic E-state index is 10.8. The molecule has 0 aromatic heterocycles. The van der Waals surface area contributed by atoms with Gasteiger partial charge in [0.1, 0.15) is 0 Å². The number of rotatable bonds is 5. The van der Waals surface area contributed by atoms with Crippen molar-refractivity contribution in [2.45, 2.75) is 53.9 Å². The van der Waals surface area contributed by atoms with Crippen LogP contribution >= 0.6 is 0 Å². The molecule has 0 unspecified atom stereocenters. The SMILES string of the molecule is CCC(C)(C)CC(C)(C)CC(N)=O. The van der Waals surface area contributed by atoms with Gasteiger partial charge in [-0.3, -0.25) is 4.79 Å². The van der Waals surface area contributed by atoms with Crippen molar-refractivity contribution in [3.8, 4) is 0 Å². The van der Waals surface area contributed by atoms with E-state index in [0.717, 1.165) is 12.8 Å². The minimum Gasteiger partial charge on any atom is -0.370 e. The Morgan fingerprint density at radius 2 is 1.62 bits per heavy atom. The van der Waals surface area contributed by atoms with Crippen molar-refractivity contribution in [1.29, 1.82) is 0 Å². The Morgan fingerprint density at radius 1 is 1.15 bits per heavy atom. The second-order valence-electron chi connectivity index (χ2n) is 5.50. The summed E-state index contributed by atoms with van der Waals surface area (Å²) in [7, 11) is 0. The van der Waals surface area contributed by atoms with Gasteiger partial charge in [-0.05, 0) is 17.3 Å². The lowest BCUT2D eigenvalue weighted by Crippen LogP contribution is -2.27. The van der Waals surface area contributed by atoms with Crippen molar-refractivity contribution in [1.82, 2.24) is 0 Å². The standard InChI is InChI=1S/C11H23NO/c1-6-10(2,3)8-11(4,5)7-9(12)13/h6-8H2,1-5H3,(H2,12,13). The van der Waals surface area contributed by atoms with E-state index < -0.39 is 0 Å². The molecule has 0 aromatic rings. The Hall–Kier alpha value is -0.530. The predicted octanol–water partition coefficient (Wildman–Crippen LogP) is 2.71. The molecular formula is C11H23NO. The number of carbonyl (C=O) groups excluding carboxylic acids is 1. The van der Waals surface area contributed by atoms with Crippen molar-refractivity contribution in [3.63, 3.8) is 0 Å². The quantitative estimate of drug-likeness (QED) is 0.703. The molecule has 0 saturated carbocycles. The normalized spacial score (nSPS) is 13.0. The highest BCUT2D eigenvalue weighted by atomic mass is 16.1. The van der Waals surface area contributed by atoms with E-state index in [4.69, 9.17) is 5.73 Å². The van der Waals surface area contributed by atoms with Crippen molar-refractivity contribution in [3.05, 3.63) is 0 Å². The van der Waals surface area contributed by atoms with Gasteiger partial charge in [0.05, 0.1) is 0 Å². The van der Waals surface area contributed by atoms with E-state index in [1.54, 1.807) is 0 Å². The van der Waals surface area contributed by atoms with Gasteiger partial charge < -0.3 is 5.73 Å². The molecule has 0 spiro atoms. The van der Waals surface area contributed by atoms with Gasteiger partial charge in [-0.2, -0.15) is 0 Å². The number of primary amides is 1. The van der Waals surface area contributed by atoms with E-state index in [2.05, 4.69) is 34.6 Å². The fourth-order valence-corrected chi connectivity index (χ4v) is 1.95. The first-order valence-corrected chi connectivity index (χ1v) is 4.97. The third kappa shape index (κ3) is 5.67. The molecule has 2 N–H and O–H groups in total. The molecule has 0 saturated heterocycles. The first-order valence-electron chi connectivity index (χ1n) is 4.97. The molecule has 0 fully saturated rings. The van der Waals surface area contributed by atoms with Crippen LogP contribution in [0.5, 0.6) is 0 Å². The average Bonchev–Trinajstić information content (AvgIpc) is 1.81. The van der Waals surface area contributed by atoms with E-state index in [1.165, 1.54) is 0 Å². The summed E-state index contributed by atoms with van der Waals surface area (Å²) in [5, 5.41) is 0. The maximum Gasteiger partial charge on any atom is 0.217 e. The Bertz CT molecular complexity index is 183. The molecule has 0 atom stereocenters. The third-order valence-electron chi connectivity index (χ3n) is 2.57. The highest BCUT2D eigenvalue weighted by molar-refractivity contribution is 5.74. The van der Waals surface area contributed by atoms with Crippen molar-refractivity contribution in [2.75, 3.05) is 0 Å². The molecule has 78 valence electrons. The Balaban J connectivity index is 4.24. The van der Waals surface area contributed by atoms with E-state index in [0.29, 0.717) is 11.8 Å². The van der Waals surface area contributed by atoms with E-state index in [9.17, 15) is 4.79 Å². The second kappa shape index (κ2) is 4.12. The maximum atomic E-state index is 10.8. The van der Waals surface area contributed by atoms with Crippen LogP contribution in [0.2, 0.25) is 0 Å². The van der Waals surface area contributed by atoms with Crippen molar-refractivity contribution < 1.29 is 4.79 Å². The Morgan fingerprint density at radius 3 is 1.92 bits per heavy atom. The van der Waals surface area contributed by atoms with Gasteiger partial charge in [0.15, 0.2) is 0 Å². The first kappa shape index (κ1) is 12.5. The lowest BCUT2D eigenvalue weighted by atomic mass is 9.72. The van der Waals surface area contributed by atoms with Crippen LogP contribution in [0, 0.1) is 10.8 Å². The van der Waals surface area contributed by atoms with Crippen LogP contribution < -0.4 is 5.73 Å². The van der Waals surface area contributed by atoms with Gasteiger partial charge >= 0.3 is 0 Å². The smallest absolute Gasteiger partial charge is 0.217 e. The number of hydrogen-bond acceptors (Lipinski definition) is 1. The summed E-state index contributed by atoms with van der Waals surface area (Å²) in [6.07, 6.45) is 2.66. The predicted molar refractivity (Wildman–Crippen MR) is 56.3 cm³/mol. The van der Waals surface area contributed by atoms with Crippen LogP contribution in [0.3, 0.4) is 0 Å². The molecule has 2 nitrogen and oxygen atoms in total. The molecule has 13 heavy (non-hydrogen) atoms. The monoisotopic (exact) mass is 185 g/mol. The lowest BCUT2D eigenvalue weighted by molar-refractivity contribution is -0.120. The largest absolute Gasteiger partial charge is 0.370 e. The molecule has 0 rings (SSSR count). The molecule has 0 aromatic carbocycles. The summed E-state index contributed by atoms with van der Waals surface area (Å²) in [6, 6.07) is 0. The lowest BCUT2D eigenvalue weighted by Gasteiger charge is -2.33. The summed E-state index contributed by atoms with van der Waals surface area (Å²) in [5.74, 6) is -0.197. The van der Waals surface area contributed by atoms with Crippen molar-refractivity contribution >= 4 is 5.91 Å². The zero-order valence-electron chi connectivity index (χ0n) is 9.61. The van der Waals surface area contributed by atoms with Crippen LogP contribution in [0.15, 0.2) is 0 Å². The summed E-state index contributed by atoms with van der Waals surface area (Å²) in [5.41, 5.74) is 5.54. The van der Waals surface area contributed by atoms with Crippen LogP contribution in [0.1, 0.15) is 53.9 Å². The molecule has 0 aliphatic rings. The molecule has 0 heterocycles. The highest BCUT2D eigenvalue weighted by Crippen LogP contribution is 2.37. The Labute approximate surface area is 81.9 Å². The topological polar surface area (TPSA) is 43.1 Å². The van der Waals surface area contributed by atoms with Crippen LogP contribution in [-0.2, 0) is 4.79 Å². The van der Waals surface area contributed by atoms with Crippen LogP contribution in [-0.4, -0.2) is 5.91 Å². The van der Waals surface area contributed by atoms with E-state index in [1.807, 2.05) is 0 Å².